The number of ether oxygens (including phenoxy) is 3. The van der Waals surface area contributed by atoms with Crippen LogP contribution in [0.2, 0.25) is 0 Å². The molecular formula is C23H32ClNO4. The highest BCUT2D eigenvalue weighted by Gasteiger charge is 2.44. The molecule has 0 fully saturated rings. The van der Waals surface area contributed by atoms with E-state index in [0.29, 0.717) is 17.2 Å². The molecule has 2 unspecified atom stereocenters. The fraction of sp³-hybridized carbons (Fsp3) is 0.478. The molecule has 5 nitrogen and oxygen atoms in total. The van der Waals surface area contributed by atoms with Gasteiger partial charge in [0.2, 0.25) is 5.75 Å². The molecule has 3 rings (SSSR count). The number of fused-ring (bicyclic) bond motifs is 1. The predicted octanol–water partition coefficient (Wildman–Crippen LogP) is -1.00. The summed E-state index contributed by atoms with van der Waals surface area (Å²) in [6.45, 7) is 1.28. The second-order valence-corrected chi connectivity index (χ2v) is 7.56. The first-order valence-electron chi connectivity index (χ1n) is 9.90. The molecule has 0 saturated carbocycles. The Labute approximate surface area is 180 Å². The highest BCUT2D eigenvalue weighted by molar-refractivity contribution is 5.54. The van der Waals surface area contributed by atoms with Crippen molar-refractivity contribution >= 4 is 0 Å². The molecule has 0 amide bonds. The fourth-order valence-electron chi connectivity index (χ4n) is 4.65. The van der Waals surface area contributed by atoms with Crippen molar-refractivity contribution in [3.63, 3.8) is 0 Å². The lowest BCUT2D eigenvalue weighted by atomic mass is 9.74. The van der Waals surface area contributed by atoms with E-state index in [1.807, 2.05) is 12.1 Å². The first-order chi connectivity index (χ1) is 13.6. The molecule has 1 heterocycles. The smallest absolute Gasteiger partial charge is 0.203 e. The molecule has 0 saturated heterocycles. The summed E-state index contributed by atoms with van der Waals surface area (Å²) in [6, 6.07) is 12.8. The number of quaternary nitrogens is 1. The summed E-state index contributed by atoms with van der Waals surface area (Å²) in [7, 11) is 7.19. The second kappa shape index (κ2) is 10.2. The minimum absolute atomic E-state index is 0. The highest BCUT2D eigenvalue weighted by atomic mass is 35.5. The van der Waals surface area contributed by atoms with Gasteiger partial charge < -0.3 is 36.6 Å². The molecule has 0 aliphatic carbocycles. The molecule has 6 heteroatoms. The predicted molar refractivity (Wildman–Crippen MR) is 110 cm³/mol. The van der Waals surface area contributed by atoms with E-state index in [9.17, 15) is 5.11 Å². The van der Waals surface area contributed by atoms with Gasteiger partial charge in [-0.15, -0.1) is 0 Å². The number of nitrogens with one attached hydrogen (secondary N) is 1. The van der Waals surface area contributed by atoms with E-state index >= 15 is 0 Å². The normalized spacial score (nSPS) is 20.4. The van der Waals surface area contributed by atoms with Crippen molar-refractivity contribution in [2.75, 3.05) is 41.5 Å². The third-order valence-corrected chi connectivity index (χ3v) is 6.11. The summed E-state index contributed by atoms with van der Waals surface area (Å²) in [5.41, 5.74) is 3.85. The molecule has 2 aromatic carbocycles. The van der Waals surface area contributed by atoms with Crippen molar-refractivity contribution in [3.05, 3.63) is 53.1 Å². The molecule has 29 heavy (non-hydrogen) atoms. The van der Waals surface area contributed by atoms with Gasteiger partial charge in [0.1, 0.15) is 5.54 Å². The maximum Gasteiger partial charge on any atom is 0.203 e. The minimum atomic E-state index is -0.0951. The minimum Gasteiger partial charge on any atom is -1.00 e. The molecule has 1 aliphatic rings. The topological polar surface area (TPSA) is 52.4 Å². The van der Waals surface area contributed by atoms with Crippen LogP contribution < -0.4 is 31.5 Å². The van der Waals surface area contributed by atoms with Crippen molar-refractivity contribution in [3.8, 4) is 17.2 Å². The zero-order valence-corrected chi connectivity index (χ0v) is 18.5. The largest absolute Gasteiger partial charge is 1.00 e. The zero-order valence-electron chi connectivity index (χ0n) is 17.8. The maximum atomic E-state index is 9.58. The van der Waals surface area contributed by atoms with Gasteiger partial charge in [-0.1, -0.05) is 24.3 Å². The van der Waals surface area contributed by atoms with Gasteiger partial charge in [0, 0.05) is 31.4 Å². The Bertz CT molecular complexity index is 788. The Morgan fingerprint density at radius 1 is 1.03 bits per heavy atom. The molecule has 2 aromatic rings. The average molecular weight is 422 g/mol. The van der Waals surface area contributed by atoms with E-state index in [0.717, 1.165) is 37.8 Å². The molecule has 2 N–H and O–H groups in total. The van der Waals surface area contributed by atoms with Crippen LogP contribution in [-0.4, -0.2) is 46.6 Å². The lowest BCUT2D eigenvalue weighted by Crippen LogP contribution is -3.17. The quantitative estimate of drug-likeness (QED) is 0.574. The Morgan fingerprint density at radius 2 is 1.69 bits per heavy atom. The van der Waals surface area contributed by atoms with Crippen molar-refractivity contribution in [2.24, 2.45) is 0 Å². The highest BCUT2D eigenvalue weighted by Crippen LogP contribution is 2.41. The lowest BCUT2D eigenvalue weighted by molar-refractivity contribution is -0.946. The lowest BCUT2D eigenvalue weighted by Gasteiger charge is -2.44. The van der Waals surface area contributed by atoms with Gasteiger partial charge in [0.05, 0.1) is 34.9 Å². The van der Waals surface area contributed by atoms with E-state index in [1.165, 1.54) is 16.0 Å². The Kier molecular flexibility index (Phi) is 8.20. The molecule has 0 radical (unpaired) electrons. The summed E-state index contributed by atoms with van der Waals surface area (Å²) < 4.78 is 16.6. The summed E-state index contributed by atoms with van der Waals surface area (Å²) >= 11 is 0. The monoisotopic (exact) mass is 421 g/mol. The van der Waals surface area contributed by atoms with Crippen LogP contribution in [0.1, 0.15) is 29.5 Å². The molecule has 2 atom stereocenters. The number of aliphatic hydroxyl groups is 1. The van der Waals surface area contributed by atoms with Crippen molar-refractivity contribution in [2.45, 2.75) is 31.2 Å². The van der Waals surface area contributed by atoms with Crippen LogP contribution in [-0.2, 0) is 18.4 Å². The van der Waals surface area contributed by atoms with Crippen molar-refractivity contribution in [1.82, 2.24) is 0 Å². The summed E-state index contributed by atoms with van der Waals surface area (Å²) in [6.07, 6.45) is 3.61. The van der Waals surface area contributed by atoms with Gasteiger partial charge in [-0.05, 0) is 29.7 Å². The number of hydrogen-bond donors (Lipinski definition) is 2. The second-order valence-electron chi connectivity index (χ2n) is 7.56. The van der Waals surface area contributed by atoms with Crippen LogP contribution in [0.25, 0.3) is 0 Å². The standard InChI is InChI=1S/C23H31NO4.ClH/c1-24-12-10-18-8-5-6-9-19(18)23(24,11-7-13-25)16-17-14-20(26-2)22(28-4)21(15-17)27-3;/h5-6,8-9,14-15,25H,7,10-13,16H2,1-4H3;1H. The van der Waals surface area contributed by atoms with Gasteiger partial charge in [-0.25, -0.2) is 0 Å². The average Bonchev–Trinajstić information content (AvgIpc) is 2.73. The van der Waals surface area contributed by atoms with E-state index < -0.39 is 0 Å². The first kappa shape index (κ1) is 23.3. The van der Waals surface area contributed by atoms with Gasteiger partial charge in [-0.2, -0.15) is 0 Å². The number of hydrogen-bond acceptors (Lipinski definition) is 4. The van der Waals surface area contributed by atoms with Crippen molar-refractivity contribution in [1.29, 1.82) is 0 Å². The van der Waals surface area contributed by atoms with E-state index in [2.05, 4.69) is 31.3 Å². The first-order valence-corrected chi connectivity index (χ1v) is 9.90. The fourth-order valence-corrected chi connectivity index (χ4v) is 4.65. The number of methoxy groups -OCH3 is 3. The Morgan fingerprint density at radius 3 is 2.28 bits per heavy atom. The number of aliphatic hydroxyl groups excluding tert-OH is 1. The molecule has 160 valence electrons. The van der Waals surface area contributed by atoms with Gasteiger partial charge in [0.15, 0.2) is 11.5 Å². The Balaban J connectivity index is 0.00000300. The maximum absolute atomic E-state index is 9.58. The van der Waals surface area contributed by atoms with E-state index in [1.54, 1.807) is 21.3 Å². The van der Waals surface area contributed by atoms with Gasteiger partial charge >= 0.3 is 0 Å². The zero-order chi connectivity index (χ0) is 20.1. The van der Waals surface area contributed by atoms with Gasteiger partial charge in [-0.3, -0.25) is 0 Å². The molecule has 1 aliphatic heterocycles. The summed E-state index contributed by atoms with van der Waals surface area (Å²) in [5.74, 6) is 1.97. The van der Waals surface area contributed by atoms with Crippen LogP contribution in [0.5, 0.6) is 17.2 Å². The molecule has 0 aromatic heterocycles. The van der Waals surface area contributed by atoms with Crippen LogP contribution >= 0.6 is 0 Å². The van der Waals surface area contributed by atoms with Crippen molar-refractivity contribution < 1.29 is 36.6 Å². The van der Waals surface area contributed by atoms with Crippen LogP contribution in [0, 0.1) is 0 Å². The SMILES string of the molecule is COc1cc(CC2(CCCO)c3ccccc3CC[NH+]2C)cc(OC)c1OC.[Cl-]. The van der Waals surface area contributed by atoms with Crippen LogP contribution in [0.15, 0.2) is 36.4 Å². The van der Waals surface area contributed by atoms with E-state index in [-0.39, 0.29) is 24.6 Å². The Hall–Kier alpha value is -1.95. The van der Waals surface area contributed by atoms with Crippen LogP contribution in [0.3, 0.4) is 0 Å². The molecular weight excluding hydrogens is 390 g/mol. The number of rotatable bonds is 8. The van der Waals surface area contributed by atoms with E-state index in [4.69, 9.17) is 14.2 Å². The summed E-state index contributed by atoms with van der Waals surface area (Å²) in [5, 5.41) is 9.58. The summed E-state index contributed by atoms with van der Waals surface area (Å²) in [4.78, 5) is 1.48. The molecule has 0 spiro atoms. The number of benzene rings is 2. The van der Waals surface area contributed by atoms with Crippen LogP contribution in [0.4, 0.5) is 0 Å². The van der Waals surface area contributed by atoms with Gasteiger partial charge in [0.25, 0.3) is 0 Å². The third-order valence-electron chi connectivity index (χ3n) is 6.11. The number of likely N-dealkylation sites (N-methyl/N-ethyl adjacent to an activating group) is 1. The molecule has 0 bridgehead atoms. The number of halogens is 1. The third kappa shape index (κ3) is 4.47.